The van der Waals surface area contributed by atoms with E-state index in [1.54, 1.807) is 7.11 Å². The highest BCUT2D eigenvalue weighted by molar-refractivity contribution is 5.74. The Kier molecular flexibility index (Phi) is 6.70. The Labute approximate surface area is 135 Å². The molecule has 0 saturated carbocycles. The number of methoxy groups -OCH3 is 1. The van der Waals surface area contributed by atoms with E-state index >= 15 is 0 Å². The predicted octanol–water partition coefficient (Wildman–Crippen LogP) is 2.53. The fourth-order valence-electron chi connectivity index (χ4n) is 2.86. The van der Waals surface area contributed by atoms with E-state index in [4.69, 9.17) is 4.74 Å². The van der Waals surface area contributed by atoms with Gasteiger partial charge in [0.15, 0.2) is 6.10 Å². The molecule has 0 aliphatic carbocycles. The number of carbonyl (C=O) groups excluding carboxylic acids is 1. The standard InChI is InChI=1S/C15H27F3N2O3/c1-10(9-14(2,3)23-4)19-13(22)20-7-5-11(6-8-20)12(21)15(16,17)18/h10-12,21H,5-9H2,1-4H3,(H,19,22). The van der Waals surface area contributed by atoms with Crippen LogP contribution in [0, 0.1) is 5.92 Å². The van der Waals surface area contributed by atoms with Crippen LogP contribution in [-0.4, -0.2) is 60.2 Å². The zero-order valence-corrected chi connectivity index (χ0v) is 14.1. The Hall–Kier alpha value is -1.02. The number of amides is 2. The van der Waals surface area contributed by atoms with E-state index in [1.165, 1.54) is 4.90 Å². The number of rotatable bonds is 5. The van der Waals surface area contributed by atoms with Crippen molar-refractivity contribution in [3.8, 4) is 0 Å². The van der Waals surface area contributed by atoms with Crippen molar-refractivity contribution in [1.29, 1.82) is 0 Å². The lowest BCUT2D eigenvalue weighted by Crippen LogP contribution is -2.50. The second-order valence-electron chi connectivity index (χ2n) is 6.83. The summed E-state index contributed by atoms with van der Waals surface area (Å²) >= 11 is 0. The first-order chi connectivity index (χ1) is 10.5. The molecule has 0 aromatic rings. The number of halogens is 3. The van der Waals surface area contributed by atoms with Crippen molar-refractivity contribution in [3.05, 3.63) is 0 Å². The van der Waals surface area contributed by atoms with Crippen LogP contribution in [0.4, 0.5) is 18.0 Å². The number of nitrogens with one attached hydrogen (secondary N) is 1. The third-order valence-electron chi connectivity index (χ3n) is 4.33. The van der Waals surface area contributed by atoms with Crippen LogP contribution in [-0.2, 0) is 4.74 Å². The molecule has 1 heterocycles. The third-order valence-corrected chi connectivity index (χ3v) is 4.33. The number of hydrogen-bond donors (Lipinski definition) is 2. The van der Waals surface area contributed by atoms with Gasteiger partial charge in [0.1, 0.15) is 0 Å². The highest BCUT2D eigenvalue weighted by atomic mass is 19.4. The Morgan fingerprint density at radius 1 is 1.35 bits per heavy atom. The van der Waals surface area contributed by atoms with Gasteiger partial charge < -0.3 is 20.1 Å². The lowest BCUT2D eigenvalue weighted by atomic mass is 9.91. The van der Waals surface area contributed by atoms with Gasteiger partial charge in [-0.2, -0.15) is 13.2 Å². The van der Waals surface area contributed by atoms with Crippen molar-refractivity contribution in [2.24, 2.45) is 5.92 Å². The van der Waals surface area contributed by atoms with Crippen molar-refractivity contribution in [2.45, 2.75) is 64.0 Å². The van der Waals surface area contributed by atoms with Gasteiger partial charge in [0, 0.05) is 26.2 Å². The van der Waals surface area contributed by atoms with Gasteiger partial charge in [-0.25, -0.2) is 4.79 Å². The largest absolute Gasteiger partial charge is 0.414 e. The molecule has 0 aromatic heterocycles. The average Bonchev–Trinajstić information content (AvgIpc) is 2.45. The number of hydrogen-bond acceptors (Lipinski definition) is 3. The van der Waals surface area contributed by atoms with Gasteiger partial charge in [-0.15, -0.1) is 0 Å². The van der Waals surface area contributed by atoms with Crippen molar-refractivity contribution < 1.29 is 27.8 Å². The summed E-state index contributed by atoms with van der Waals surface area (Å²) in [4.78, 5) is 13.6. The van der Waals surface area contributed by atoms with Gasteiger partial charge in [0.25, 0.3) is 0 Å². The summed E-state index contributed by atoms with van der Waals surface area (Å²) in [5.41, 5.74) is -0.365. The summed E-state index contributed by atoms with van der Waals surface area (Å²) in [5.74, 6) is -0.844. The van der Waals surface area contributed by atoms with E-state index in [1.807, 2.05) is 20.8 Å². The summed E-state index contributed by atoms with van der Waals surface area (Å²) in [7, 11) is 1.60. The van der Waals surface area contributed by atoms with E-state index in [9.17, 15) is 23.1 Å². The Morgan fingerprint density at radius 2 is 1.87 bits per heavy atom. The molecule has 8 heteroatoms. The molecule has 5 nitrogen and oxygen atoms in total. The minimum Gasteiger partial charge on any atom is -0.383 e. The van der Waals surface area contributed by atoms with E-state index in [0.717, 1.165) is 0 Å². The van der Waals surface area contributed by atoms with Crippen LogP contribution >= 0.6 is 0 Å². The fourth-order valence-corrected chi connectivity index (χ4v) is 2.86. The number of likely N-dealkylation sites (tertiary alicyclic amines) is 1. The van der Waals surface area contributed by atoms with Gasteiger partial charge >= 0.3 is 12.2 Å². The molecule has 1 saturated heterocycles. The smallest absolute Gasteiger partial charge is 0.383 e. The lowest BCUT2D eigenvalue weighted by molar-refractivity contribution is -0.222. The summed E-state index contributed by atoms with van der Waals surface area (Å²) in [6, 6.07) is -0.403. The number of alkyl halides is 3. The van der Waals surface area contributed by atoms with Crippen LogP contribution in [0.5, 0.6) is 0 Å². The number of aliphatic hydroxyl groups is 1. The summed E-state index contributed by atoms with van der Waals surface area (Å²) < 4.78 is 42.8. The molecule has 0 aromatic carbocycles. The number of urea groups is 1. The molecule has 2 N–H and O–H groups in total. The summed E-state index contributed by atoms with van der Waals surface area (Å²) in [6.45, 7) is 6.12. The number of aliphatic hydroxyl groups excluding tert-OH is 1. The third kappa shape index (κ3) is 6.18. The Bertz CT molecular complexity index is 394. The molecule has 0 radical (unpaired) electrons. The molecule has 136 valence electrons. The second-order valence-corrected chi connectivity index (χ2v) is 6.83. The first-order valence-electron chi connectivity index (χ1n) is 7.81. The Balaban J connectivity index is 2.44. The topological polar surface area (TPSA) is 61.8 Å². The molecule has 2 amide bonds. The highest BCUT2D eigenvalue weighted by Crippen LogP contribution is 2.31. The zero-order chi connectivity index (χ0) is 17.8. The number of carbonyl (C=O) groups is 1. The molecule has 2 atom stereocenters. The van der Waals surface area contributed by atoms with Gasteiger partial charge in [-0.3, -0.25) is 0 Å². The molecule has 0 spiro atoms. The van der Waals surface area contributed by atoms with Crippen molar-refractivity contribution in [2.75, 3.05) is 20.2 Å². The maximum Gasteiger partial charge on any atom is 0.414 e. The van der Waals surface area contributed by atoms with Gasteiger partial charge in [-0.05, 0) is 46.0 Å². The monoisotopic (exact) mass is 340 g/mol. The van der Waals surface area contributed by atoms with Crippen molar-refractivity contribution >= 4 is 6.03 Å². The van der Waals surface area contributed by atoms with Crippen LogP contribution in [0.2, 0.25) is 0 Å². The number of ether oxygens (including phenoxy) is 1. The summed E-state index contributed by atoms with van der Waals surface area (Å²) in [6.07, 6.45) is -6.00. The quantitative estimate of drug-likeness (QED) is 0.808. The minimum atomic E-state index is -4.60. The maximum atomic E-state index is 12.5. The normalized spacial score (nSPS) is 20.3. The molecule has 0 bridgehead atoms. The molecule has 1 aliphatic rings. The average molecular weight is 340 g/mol. The zero-order valence-electron chi connectivity index (χ0n) is 14.1. The molecular formula is C15H27F3N2O3. The van der Waals surface area contributed by atoms with Crippen LogP contribution in [0.15, 0.2) is 0 Å². The van der Waals surface area contributed by atoms with E-state index in [2.05, 4.69) is 5.32 Å². The number of nitrogens with zero attached hydrogens (tertiary/aromatic N) is 1. The molecular weight excluding hydrogens is 313 g/mol. The van der Waals surface area contributed by atoms with Crippen LogP contribution in [0.25, 0.3) is 0 Å². The fraction of sp³-hybridized carbons (Fsp3) is 0.933. The molecule has 2 unspecified atom stereocenters. The molecule has 1 aliphatic heterocycles. The van der Waals surface area contributed by atoms with Crippen LogP contribution in [0.3, 0.4) is 0 Å². The van der Waals surface area contributed by atoms with Crippen LogP contribution in [0.1, 0.15) is 40.0 Å². The van der Waals surface area contributed by atoms with Gasteiger partial charge in [-0.1, -0.05) is 0 Å². The van der Waals surface area contributed by atoms with E-state index in [0.29, 0.717) is 6.42 Å². The van der Waals surface area contributed by atoms with Crippen molar-refractivity contribution in [1.82, 2.24) is 10.2 Å². The molecule has 1 rings (SSSR count). The minimum absolute atomic E-state index is 0.115. The number of piperidine rings is 1. The maximum absolute atomic E-state index is 12.5. The van der Waals surface area contributed by atoms with Crippen LogP contribution < -0.4 is 5.32 Å². The first kappa shape index (κ1) is 20.0. The SMILES string of the molecule is COC(C)(C)CC(C)NC(=O)N1CCC(C(O)C(F)(F)F)CC1. The van der Waals surface area contributed by atoms with E-state index < -0.39 is 18.2 Å². The first-order valence-corrected chi connectivity index (χ1v) is 7.81. The Morgan fingerprint density at radius 3 is 2.30 bits per heavy atom. The second kappa shape index (κ2) is 7.70. The van der Waals surface area contributed by atoms with Gasteiger partial charge in [0.2, 0.25) is 0 Å². The molecule has 23 heavy (non-hydrogen) atoms. The predicted molar refractivity (Wildman–Crippen MR) is 80.1 cm³/mol. The molecule has 1 fully saturated rings. The van der Waals surface area contributed by atoms with E-state index in [-0.39, 0.29) is 43.6 Å². The highest BCUT2D eigenvalue weighted by Gasteiger charge is 2.44. The lowest BCUT2D eigenvalue weighted by Gasteiger charge is -2.35. The van der Waals surface area contributed by atoms with Gasteiger partial charge in [0.05, 0.1) is 5.60 Å². The van der Waals surface area contributed by atoms with Crippen molar-refractivity contribution in [3.63, 3.8) is 0 Å². The summed E-state index contributed by atoms with van der Waals surface area (Å²) in [5, 5.41) is 12.1.